The molecular weight excluding hydrogens is 362 g/mol. The second-order valence-corrected chi connectivity index (χ2v) is 8.92. The number of phenolic OH excluding ortho intramolecular Hbond substituents is 1. The summed E-state index contributed by atoms with van der Waals surface area (Å²) in [5.41, 5.74) is 4.88. The summed E-state index contributed by atoms with van der Waals surface area (Å²) >= 11 is 0. The lowest BCUT2D eigenvalue weighted by atomic mass is 9.84. The van der Waals surface area contributed by atoms with Crippen molar-refractivity contribution in [2.45, 2.75) is 50.6 Å². The molecule has 2 saturated heterocycles. The van der Waals surface area contributed by atoms with Crippen LogP contribution in [0.1, 0.15) is 45.2 Å². The van der Waals surface area contributed by atoms with Crippen LogP contribution in [0.25, 0.3) is 23.0 Å². The summed E-state index contributed by atoms with van der Waals surface area (Å²) in [6, 6.07) is 9.40. The van der Waals surface area contributed by atoms with E-state index in [2.05, 4.69) is 40.4 Å². The fourth-order valence-electron chi connectivity index (χ4n) is 4.92. The zero-order valence-corrected chi connectivity index (χ0v) is 16.8. The Hall–Kier alpha value is -2.99. The Kier molecular flexibility index (Phi) is 4.06. The van der Waals surface area contributed by atoms with Gasteiger partial charge >= 0.3 is 0 Å². The van der Waals surface area contributed by atoms with Crippen molar-refractivity contribution in [2.75, 3.05) is 0 Å². The maximum Gasteiger partial charge on any atom is 0.127 e. The Morgan fingerprint density at radius 2 is 1.86 bits per heavy atom. The number of nitrogens with zero attached hydrogens (tertiary/aromatic N) is 4. The van der Waals surface area contributed by atoms with E-state index in [1.54, 1.807) is 18.6 Å². The van der Waals surface area contributed by atoms with Gasteiger partial charge in [0.1, 0.15) is 5.75 Å². The van der Waals surface area contributed by atoms with E-state index in [1.807, 2.05) is 35.0 Å². The van der Waals surface area contributed by atoms with Crippen LogP contribution in [-0.4, -0.2) is 35.9 Å². The molecule has 148 valence electrons. The average molecular weight is 387 g/mol. The van der Waals surface area contributed by atoms with Crippen LogP contribution < -0.4 is 5.32 Å². The van der Waals surface area contributed by atoms with E-state index < -0.39 is 0 Å². The molecule has 4 heterocycles. The number of hydrogen-bond acceptors (Lipinski definition) is 5. The van der Waals surface area contributed by atoms with Crippen LogP contribution in [0.5, 0.6) is 5.75 Å². The molecule has 2 aliphatic rings. The molecule has 0 spiro atoms. The number of fused-ring (bicyclic) bond motifs is 2. The minimum atomic E-state index is 0.174. The van der Waals surface area contributed by atoms with Crippen LogP contribution >= 0.6 is 0 Å². The molecule has 2 atom stereocenters. The van der Waals surface area contributed by atoms with Gasteiger partial charge in [-0.2, -0.15) is 5.10 Å². The van der Waals surface area contributed by atoms with E-state index in [0.717, 1.165) is 24.2 Å². The number of nitrogens with one attached hydrogen (secondary N) is 1. The Morgan fingerprint density at radius 3 is 2.48 bits per heavy atom. The molecule has 2 fully saturated rings. The summed E-state index contributed by atoms with van der Waals surface area (Å²) < 4.78 is 1.84. The first-order valence-corrected chi connectivity index (χ1v) is 10.1. The van der Waals surface area contributed by atoms with Crippen LogP contribution in [0.15, 0.2) is 54.6 Å². The molecule has 3 aromatic rings. The van der Waals surface area contributed by atoms with Gasteiger partial charge in [0.15, 0.2) is 0 Å². The van der Waals surface area contributed by atoms with Crippen molar-refractivity contribution >= 4 is 6.08 Å². The molecule has 1 aromatic carbocycles. The number of aromatic nitrogens is 4. The summed E-state index contributed by atoms with van der Waals surface area (Å²) in [4.78, 5) is 4.04. The number of phenols is 1. The molecule has 2 aromatic heterocycles. The summed E-state index contributed by atoms with van der Waals surface area (Å²) in [6.07, 6.45) is 12.0. The molecule has 2 aliphatic heterocycles. The van der Waals surface area contributed by atoms with Gasteiger partial charge in [0, 0.05) is 35.1 Å². The third-order valence-electron chi connectivity index (χ3n) is 6.16. The van der Waals surface area contributed by atoms with Crippen LogP contribution in [0.2, 0.25) is 0 Å². The highest BCUT2D eigenvalue weighted by molar-refractivity contribution is 5.69. The summed E-state index contributed by atoms with van der Waals surface area (Å²) in [6.45, 7) is 4.63. The average Bonchev–Trinajstić information content (AvgIpc) is 3.28. The van der Waals surface area contributed by atoms with E-state index >= 15 is 0 Å². The summed E-state index contributed by atoms with van der Waals surface area (Å²) in [7, 11) is 0. The van der Waals surface area contributed by atoms with Crippen molar-refractivity contribution in [3.63, 3.8) is 0 Å². The van der Waals surface area contributed by atoms with E-state index in [4.69, 9.17) is 0 Å². The highest BCUT2D eigenvalue weighted by Crippen LogP contribution is 2.44. The number of benzene rings is 1. The van der Waals surface area contributed by atoms with Gasteiger partial charge in [0.2, 0.25) is 0 Å². The number of aromatic hydroxyl groups is 1. The van der Waals surface area contributed by atoms with Gasteiger partial charge in [-0.1, -0.05) is 5.57 Å². The quantitative estimate of drug-likeness (QED) is 0.707. The Bertz CT molecular complexity index is 1050. The lowest BCUT2D eigenvalue weighted by Gasteiger charge is -2.38. The van der Waals surface area contributed by atoms with Crippen molar-refractivity contribution in [3.8, 4) is 22.7 Å². The molecule has 0 unspecified atom stereocenters. The third kappa shape index (κ3) is 3.44. The molecule has 2 bridgehead atoms. The highest BCUT2D eigenvalue weighted by atomic mass is 16.3. The number of rotatable bonds is 3. The lowest BCUT2D eigenvalue weighted by Crippen LogP contribution is -2.51. The Labute approximate surface area is 170 Å². The fraction of sp³-hybridized carbons (Fsp3) is 0.348. The minimum Gasteiger partial charge on any atom is -0.507 e. The predicted molar refractivity (Wildman–Crippen MR) is 113 cm³/mol. The minimum absolute atomic E-state index is 0.174. The van der Waals surface area contributed by atoms with E-state index in [1.165, 1.54) is 18.4 Å². The first kappa shape index (κ1) is 18.1. The SMILES string of the molecule is C[C@]12CC[C@](C)(C/C(=C/c3ccc(-c4ccc(-n5ccnc5)cc4O)nn3)C1)N2. The van der Waals surface area contributed by atoms with Gasteiger partial charge in [0.05, 0.1) is 23.4 Å². The van der Waals surface area contributed by atoms with Crippen LogP contribution in [0.4, 0.5) is 0 Å². The van der Waals surface area contributed by atoms with Crippen LogP contribution in [0.3, 0.4) is 0 Å². The molecular formula is C23H25N5O. The monoisotopic (exact) mass is 387 g/mol. The van der Waals surface area contributed by atoms with E-state index in [-0.39, 0.29) is 16.8 Å². The van der Waals surface area contributed by atoms with Crippen molar-refractivity contribution in [2.24, 2.45) is 0 Å². The van der Waals surface area contributed by atoms with Gasteiger partial charge in [-0.3, -0.25) is 0 Å². The van der Waals surface area contributed by atoms with Crippen LogP contribution in [-0.2, 0) is 0 Å². The van der Waals surface area contributed by atoms with Gasteiger partial charge in [-0.05, 0) is 69.9 Å². The van der Waals surface area contributed by atoms with E-state index in [9.17, 15) is 5.11 Å². The molecule has 0 radical (unpaired) electrons. The first-order valence-electron chi connectivity index (χ1n) is 10.1. The van der Waals surface area contributed by atoms with Gasteiger partial charge in [-0.25, -0.2) is 4.98 Å². The van der Waals surface area contributed by atoms with Gasteiger partial charge < -0.3 is 15.0 Å². The zero-order valence-electron chi connectivity index (χ0n) is 16.8. The molecule has 2 N–H and O–H groups in total. The number of piperidine rings is 1. The number of imidazole rings is 1. The number of hydrogen-bond donors (Lipinski definition) is 2. The Morgan fingerprint density at radius 1 is 1.07 bits per heavy atom. The zero-order chi connectivity index (χ0) is 20.1. The third-order valence-corrected chi connectivity index (χ3v) is 6.16. The standard InChI is InChI=1S/C23H25N5O/c1-22-7-8-23(2,27-22)14-16(13-22)11-17-3-6-20(26-25-17)19-5-4-18(12-21(19)29)28-10-9-24-15-28/h3-6,9-12,15,27,29H,7-8,13-14H2,1-2H3/b16-11-/t22-,23+/m1/s1. The smallest absolute Gasteiger partial charge is 0.127 e. The largest absolute Gasteiger partial charge is 0.507 e. The molecule has 0 saturated carbocycles. The molecule has 6 nitrogen and oxygen atoms in total. The van der Waals surface area contributed by atoms with Crippen LogP contribution in [0, 0.1) is 0 Å². The first-order chi connectivity index (χ1) is 13.9. The van der Waals surface area contributed by atoms with Crippen molar-refractivity contribution in [1.82, 2.24) is 25.1 Å². The highest BCUT2D eigenvalue weighted by Gasteiger charge is 2.46. The normalized spacial score (nSPS) is 27.4. The molecule has 0 amide bonds. The lowest BCUT2D eigenvalue weighted by molar-refractivity contribution is 0.282. The van der Waals surface area contributed by atoms with E-state index in [0.29, 0.717) is 11.3 Å². The maximum absolute atomic E-state index is 10.5. The summed E-state index contributed by atoms with van der Waals surface area (Å²) in [5, 5.41) is 23.0. The topological polar surface area (TPSA) is 75.9 Å². The summed E-state index contributed by atoms with van der Waals surface area (Å²) in [5.74, 6) is 0.174. The molecule has 0 aliphatic carbocycles. The van der Waals surface area contributed by atoms with Crippen molar-refractivity contribution < 1.29 is 5.11 Å². The second-order valence-electron chi connectivity index (χ2n) is 8.92. The van der Waals surface area contributed by atoms with Gasteiger partial charge in [0.25, 0.3) is 0 Å². The van der Waals surface area contributed by atoms with Crippen molar-refractivity contribution in [3.05, 3.63) is 60.3 Å². The van der Waals surface area contributed by atoms with Crippen molar-refractivity contribution in [1.29, 1.82) is 0 Å². The molecule has 6 heteroatoms. The maximum atomic E-state index is 10.5. The predicted octanol–water partition coefficient (Wildman–Crippen LogP) is 4.11. The second kappa shape index (κ2) is 6.52. The fourth-order valence-corrected chi connectivity index (χ4v) is 4.92. The molecule has 29 heavy (non-hydrogen) atoms. The molecule has 5 rings (SSSR count). The van der Waals surface area contributed by atoms with Gasteiger partial charge in [-0.15, -0.1) is 5.10 Å². The Balaban J connectivity index is 1.38.